The molecule has 10 heavy (non-hydrogen) atoms. The molecular weight excluding hydrogens is 179 g/mol. The second kappa shape index (κ2) is 7.93. The Hall–Kier alpha value is 0.826. The van der Waals surface area contributed by atoms with E-state index in [9.17, 15) is 0 Å². The number of hydrogen-bond donors (Lipinski definition) is 0. The van der Waals surface area contributed by atoms with Crippen LogP contribution in [-0.2, 0) is 0 Å². The minimum absolute atomic E-state index is 0. The summed E-state index contributed by atoms with van der Waals surface area (Å²) in [4.78, 5) is 0. The molecule has 0 unspecified atom stereocenters. The summed E-state index contributed by atoms with van der Waals surface area (Å²) in [6, 6.07) is 0. The largest absolute Gasteiger partial charge is 2.00 e. The maximum Gasteiger partial charge on any atom is 2.00 e. The van der Waals surface area contributed by atoms with Crippen molar-refractivity contribution in [1.82, 2.24) is 0 Å². The van der Waals surface area contributed by atoms with Gasteiger partial charge in [-0.15, -0.1) is 18.0 Å². The van der Waals surface area contributed by atoms with Gasteiger partial charge in [-0.2, -0.15) is 5.57 Å². The summed E-state index contributed by atoms with van der Waals surface area (Å²) < 4.78 is 0. The number of allylic oxidation sites excluding steroid dienone is 3. The van der Waals surface area contributed by atoms with Crippen molar-refractivity contribution in [3.8, 4) is 0 Å². The van der Waals surface area contributed by atoms with Gasteiger partial charge in [0.15, 0.2) is 0 Å². The van der Waals surface area contributed by atoms with Gasteiger partial charge in [0.1, 0.15) is 0 Å². The smallest absolute Gasteiger partial charge is 1.00 e. The third-order valence-electron chi connectivity index (χ3n) is 1.21. The summed E-state index contributed by atoms with van der Waals surface area (Å²) in [5.41, 5.74) is 2.84. The van der Waals surface area contributed by atoms with Crippen LogP contribution in [0.15, 0.2) is 17.2 Å². The summed E-state index contributed by atoms with van der Waals surface area (Å²) >= 11 is 5.45. The molecule has 0 aromatic rings. The standard InChI is InChI=1S/C7H8Cl.ClH.Mg/c8-6-7-4-2-1-3-5-7;;/h5-6H,1-2,4H2;1H;/q-1;;+2/p-1/b7-6-;;. The fourth-order valence-electron chi connectivity index (χ4n) is 0.756. The molecule has 0 fully saturated rings. The third kappa shape index (κ3) is 4.61. The predicted octanol–water partition coefficient (Wildman–Crippen LogP) is -0.724. The molecule has 0 atom stereocenters. The van der Waals surface area contributed by atoms with Crippen LogP contribution in [0, 0.1) is 6.08 Å². The fraction of sp³-hybridized carbons (Fsp3) is 0.429. The Bertz CT molecular complexity index is 130. The molecule has 0 amide bonds. The van der Waals surface area contributed by atoms with Crippen molar-refractivity contribution < 1.29 is 12.4 Å². The van der Waals surface area contributed by atoms with Crippen LogP contribution in [0.5, 0.6) is 0 Å². The van der Waals surface area contributed by atoms with Gasteiger partial charge < -0.3 is 12.4 Å². The molecule has 0 aromatic heterocycles. The molecule has 0 bridgehead atoms. The van der Waals surface area contributed by atoms with E-state index in [1.165, 1.54) is 12.0 Å². The molecule has 1 aliphatic rings. The van der Waals surface area contributed by atoms with E-state index >= 15 is 0 Å². The van der Waals surface area contributed by atoms with Gasteiger partial charge in [0.05, 0.1) is 0 Å². The first kappa shape index (κ1) is 13.4. The van der Waals surface area contributed by atoms with Crippen LogP contribution in [0.4, 0.5) is 0 Å². The molecule has 3 heteroatoms. The van der Waals surface area contributed by atoms with Crippen LogP contribution in [0.2, 0.25) is 0 Å². The quantitative estimate of drug-likeness (QED) is 0.347. The van der Waals surface area contributed by atoms with Crippen molar-refractivity contribution in [3.63, 3.8) is 0 Å². The fourth-order valence-corrected chi connectivity index (χ4v) is 0.928. The van der Waals surface area contributed by atoms with Gasteiger partial charge in [-0.3, -0.25) is 6.08 Å². The average molecular weight is 187 g/mol. The summed E-state index contributed by atoms with van der Waals surface area (Å²) in [6.07, 6.45) is 8.49. The normalized spacial score (nSPS) is 19.5. The Kier molecular flexibility index (Phi) is 10.6. The van der Waals surface area contributed by atoms with E-state index in [2.05, 4.69) is 6.08 Å². The summed E-state index contributed by atoms with van der Waals surface area (Å²) in [5, 5.41) is 0. The van der Waals surface area contributed by atoms with Crippen molar-refractivity contribution in [1.29, 1.82) is 0 Å². The molecule has 1 aliphatic carbocycles. The Morgan fingerprint density at radius 2 is 2.30 bits per heavy atom. The summed E-state index contributed by atoms with van der Waals surface area (Å²) in [5.74, 6) is 0. The minimum Gasteiger partial charge on any atom is -1.00 e. The molecule has 0 N–H and O–H groups in total. The minimum atomic E-state index is 0. The van der Waals surface area contributed by atoms with E-state index in [1.54, 1.807) is 5.54 Å². The van der Waals surface area contributed by atoms with Crippen molar-refractivity contribution in [2.45, 2.75) is 19.3 Å². The number of hydrogen-bond acceptors (Lipinski definition) is 0. The zero-order chi connectivity index (χ0) is 5.82. The molecule has 0 radical (unpaired) electrons. The molecule has 52 valence electrons. The average Bonchev–Trinajstić information content (AvgIpc) is 1.90. The van der Waals surface area contributed by atoms with Gasteiger partial charge in [-0.1, -0.05) is 18.4 Å². The Labute approximate surface area is 89.3 Å². The topological polar surface area (TPSA) is 0 Å². The molecule has 0 aliphatic heterocycles. The monoisotopic (exact) mass is 186 g/mol. The summed E-state index contributed by atoms with van der Waals surface area (Å²) in [6.45, 7) is 0. The van der Waals surface area contributed by atoms with E-state index in [0.717, 1.165) is 12.8 Å². The van der Waals surface area contributed by atoms with E-state index in [1.807, 2.05) is 6.08 Å². The van der Waals surface area contributed by atoms with Crippen LogP contribution >= 0.6 is 11.6 Å². The van der Waals surface area contributed by atoms with Crippen LogP contribution in [0.3, 0.4) is 0 Å². The molecule has 0 nitrogen and oxygen atoms in total. The van der Waals surface area contributed by atoms with Gasteiger partial charge >= 0.3 is 23.1 Å². The Morgan fingerprint density at radius 1 is 1.60 bits per heavy atom. The van der Waals surface area contributed by atoms with Crippen LogP contribution in [-0.4, -0.2) is 23.1 Å². The van der Waals surface area contributed by atoms with Crippen LogP contribution in [0.25, 0.3) is 0 Å². The predicted molar refractivity (Wildman–Crippen MR) is 41.4 cm³/mol. The number of halogens is 2. The Morgan fingerprint density at radius 3 is 2.60 bits per heavy atom. The first-order valence-corrected chi connectivity index (χ1v) is 3.23. The van der Waals surface area contributed by atoms with E-state index in [4.69, 9.17) is 11.6 Å². The molecule has 0 aromatic carbocycles. The zero-order valence-corrected chi connectivity index (χ0v) is 8.67. The summed E-state index contributed by atoms with van der Waals surface area (Å²) in [7, 11) is 0. The van der Waals surface area contributed by atoms with Gasteiger partial charge in [0.2, 0.25) is 0 Å². The maximum atomic E-state index is 5.45. The second-order valence-electron chi connectivity index (χ2n) is 1.89. The molecule has 0 saturated heterocycles. The second-order valence-corrected chi connectivity index (χ2v) is 2.10. The van der Waals surface area contributed by atoms with Crippen molar-refractivity contribution in [3.05, 3.63) is 23.3 Å². The van der Waals surface area contributed by atoms with Crippen molar-refractivity contribution >= 4 is 34.7 Å². The molecule has 1 rings (SSSR count). The maximum absolute atomic E-state index is 5.45. The van der Waals surface area contributed by atoms with Crippen LogP contribution < -0.4 is 12.4 Å². The third-order valence-corrected chi connectivity index (χ3v) is 1.49. The number of rotatable bonds is 0. The Balaban J connectivity index is 0. The van der Waals surface area contributed by atoms with Gasteiger partial charge in [0, 0.05) is 0 Å². The van der Waals surface area contributed by atoms with E-state index < -0.39 is 0 Å². The van der Waals surface area contributed by atoms with Gasteiger partial charge in [0.25, 0.3) is 0 Å². The first-order chi connectivity index (χ1) is 3.93. The van der Waals surface area contributed by atoms with E-state index in [0.29, 0.717) is 0 Å². The molecule has 0 saturated carbocycles. The van der Waals surface area contributed by atoms with Crippen molar-refractivity contribution in [2.75, 3.05) is 0 Å². The van der Waals surface area contributed by atoms with E-state index in [-0.39, 0.29) is 35.5 Å². The molecule has 0 spiro atoms. The first-order valence-electron chi connectivity index (χ1n) is 2.79. The van der Waals surface area contributed by atoms with Crippen molar-refractivity contribution in [2.24, 2.45) is 0 Å². The molecule has 0 heterocycles. The van der Waals surface area contributed by atoms with Gasteiger partial charge in [-0.25, -0.2) is 6.08 Å². The zero-order valence-electron chi connectivity index (χ0n) is 5.74. The SMILES string of the molecule is Cl/C=C1\C=[C-]CCC1.[Cl-].[Mg+2]. The molecular formula is C7H8Cl2Mg. The van der Waals surface area contributed by atoms with Gasteiger partial charge in [-0.05, 0) is 0 Å². The van der Waals surface area contributed by atoms with Crippen LogP contribution in [0.1, 0.15) is 19.3 Å².